The van der Waals surface area contributed by atoms with Gasteiger partial charge in [-0.1, -0.05) is 20.3 Å². The third-order valence-electron chi connectivity index (χ3n) is 3.75. The lowest BCUT2D eigenvalue weighted by Gasteiger charge is -2.22. The molecule has 138 valence electrons. The zero-order chi connectivity index (χ0) is 19.0. The predicted molar refractivity (Wildman–Crippen MR) is 95.0 cm³/mol. The maximum absolute atomic E-state index is 12.1. The summed E-state index contributed by atoms with van der Waals surface area (Å²) in [6.07, 6.45) is 1.36. The first-order chi connectivity index (χ1) is 11.9. The molecule has 0 heterocycles. The summed E-state index contributed by atoms with van der Waals surface area (Å²) in [5, 5.41) is 2.61. The number of nitrogens with one attached hydrogen (secondary N) is 1. The van der Waals surface area contributed by atoms with E-state index in [1.165, 1.54) is 20.3 Å². The molecule has 0 aliphatic carbocycles. The first-order valence-electron chi connectivity index (χ1n) is 7.70. The molecule has 1 aromatic carbocycles. The number of methoxy groups -OCH3 is 2. The van der Waals surface area contributed by atoms with Crippen molar-refractivity contribution in [2.24, 2.45) is 5.92 Å². The minimum atomic E-state index is -0.747. The Morgan fingerprint density at radius 3 is 2.48 bits per heavy atom. The Bertz CT molecular complexity index is 634. The Balaban J connectivity index is 2.81. The van der Waals surface area contributed by atoms with Crippen molar-refractivity contribution in [3.05, 3.63) is 22.2 Å². The van der Waals surface area contributed by atoms with Crippen LogP contribution in [0.15, 0.2) is 16.6 Å². The summed E-state index contributed by atoms with van der Waals surface area (Å²) in [6, 6.07) is 2.30. The Morgan fingerprint density at radius 2 is 1.96 bits per heavy atom. The van der Waals surface area contributed by atoms with Crippen LogP contribution in [0.4, 0.5) is 0 Å². The number of carbonyl (C=O) groups excluding carboxylic acids is 3. The van der Waals surface area contributed by atoms with Crippen LogP contribution in [0.5, 0.6) is 11.5 Å². The summed E-state index contributed by atoms with van der Waals surface area (Å²) in [6.45, 7) is 3.42. The second-order valence-electron chi connectivity index (χ2n) is 5.38. The average molecular weight is 416 g/mol. The third-order valence-corrected chi connectivity index (χ3v) is 4.44. The predicted octanol–water partition coefficient (Wildman–Crippen LogP) is 2.35. The molecular weight excluding hydrogens is 394 g/mol. The highest BCUT2D eigenvalue weighted by atomic mass is 79.9. The first kappa shape index (κ1) is 21.0. The Hall–Kier alpha value is -2.09. The second kappa shape index (κ2) is 10.0. The maximum atomic E-state index is 12.1. The number of esters is 1. The molecule has 0 radical (unpaired) electrons. The van der Waals surface area contributed by atoms with Gasteiger partial charge in [0.25, 0.3) is 5.91 Å². The molecule has 0 saturated heterocycles. The van der Waals surface area contributed by atoms with Crippen molar-refractivity contribution >= 4 is 34.1 Å². The molecule has 0 saturated carbocycles. The fraction of sp³-hybridized carbons (Fsp3) is 0.471. The van der Waals surface area contributed by atoms with E-state index in [9.17, 15) is 14.4 Å². The summed E-state index contributed by atoms with van der Waals surface area (Å²) in [5.74, 6) is -0.446. The van der Waals surface area contributed by atoms with Crippen LogP contribution in [0, 0.1) is 5.92 Å². The van der Waals surface area contributed by atoms with Crippen molar-refractivity contribution in [1.82, 2.24) is 5.32 Å². The standard InChI is InChI=1S/C17H22BrNO6/c1-5-10(2)16(17(22)24-4)19-15(21)9-25-14-6-11(8-20)12(18)7-13(14)23-3/h6-8,10,16H,5,9H2,1-4H3,(H,19,21)/t10-,16-/m1/s1. The Morgan fingerprint density at radius 1 is 1.28 bits per heavy atom. The molecule has 8 heteroatoms. The maximum Gasteiger partial charge on any atom is 0.328 e. The first-order valence-corrected chi connectivity index (χ1v) is 8.49. The van der Waals surface area contributed by atoms with Gasteiger partial charge in [-0.25, -0.2) is 4.79 Å². The van der Waals surface area contributed by atoms with Crippen LogP contribution in [-0.4, -0.2) is 45.0 Å². The molecule has 1 N–H and O–H groups in total. The van der Waals surface area contributed by atoms with Crippen LogP contribution >= 0.6 is 15.9 Å². The van der Waals surface area contributed by atoms with Crippen LogP contribution < -0.4 is 14.8 Å². The number of benzene rings is 1. The van der Waals surface area contributed by atoms with Crippen molar-refractivity contribution in [1.29, 1.82) is 0 Å². The normalized spacial score (nSPS) is 12.7. The van der Waals surface area contributed by atoms with Gasteiger partial charge in [-0.3, -0.25) is 9.59 Å². The summed E-state index contributed by atoms with van der Waals surface area (Å²) >= 11 is 3.25. The molecule has 0 aliphatic rings. The molecule has 0 bridgehead atoms. The fourth-order valence-electron chi connectivity index (χ4n) is 2.07. The second-order valence-corrected chi connectivity index (χ2v) is 6.24. The summed E-state index contributed by atoms with van der Waals surface area (Å²) < 4.78 is 15.9. The summed E-state index contributed by atoms with van der Waals surface area (Å²) in [7, 11) is 2.72. The van der Waals surface area contributed by atoms with Crippen molar-refractivity contribution in [2.45, 2.75) is 26.3 Å². The van der Waals surface area contributed by atoms with E-state index in [1.807, 2.05) is 13.8 Å². The number of aldehydes is 1. The molecule has 7 nitrogen and oxygen atoms in total. The van der Waals surface area contributed by atoms with Gasteiger partial charge < -0.3 is 19.5 Å². The third kappa shape index (κ3) is 5.74. The van der Waals surface area contributed by atoms with Crippen molar-refractivity contribution in [2.75, 3.05) is 20.8 Å². The Labute approximate surface area is 155 Å². The molecule has 2 atom stereocenters. The number of amides is 1. The molecule has 0 fully saturated rings. The van der Waals surface area contributed by atoms with E-state index in [0.29, 0.717) is 28.5 Å². The van der Waals surface area contributed by atoms with Crippen LogP contribution in [0.2, 0.25) is 0 Å². The number of carbonyl (C=O) groups is 3. The van der Waals surface area contributed by atoms with Crippen molar-refractivity contribution < 1.29 is 28.6 Å². The molecule has 1 aromatic rings. The van der Waals surface area contributed by atoms with E-state index in [4.69, 9.17) is 14.2 Å². The van der Waals surface area contributed by atoms with Gasteiger partial charge in [-0.05, 0) is 34.0 Å². The highest BCUT2D eigenvalue weighted by Gasteiger charge is 2.26. The van der Waals surface area contributed by atoms with Gasteiger partial charge in [0.2, 0.25) is 0 Å². The highest BCUT2D eigenvalue weighted by Crippen LogP contribution is 2.32. The molecule has 0 spiro atoms. The summed E-state index contributed by atoms with van der Waals surface area (Å²) in [5.41, 5.74) is 0.364. The average Bonchev–Trinajstić information content (AvgIpc) is 2.63. The number of hydrogen-bond acceptors (Lipinski definition) is 6. The lowest BCUT2D eigenvalue weighted by atomic mass is 9.99. The van der Waals surface area contributed by atoms with E-state index in [-0.39, 0.29) is 18.3 Å². The SMILES string of the molecule is CC[C@@H](C)[C@@H](NC(=O)COc1cc(C=O)c(Br)cc1OC)C(=O)OC. The fourth-order valence-corrected chi connectivity index (χ4v) is 2.48. The lowest BCUT2D eigenvalue weighted by Crippen LogP contribution is -2.47. The van der Waals surface area contributed by atoms with E-state index in [0.717, 1.165) is 0 Å². The van der Waals surface area contributed by atoms with E-state index >= 15 is 0 Å². The number of halogens is 1. The van der Waals surface area contributed by atoms with Gasteiger partial charge in [0.1, 0.15) is 6.04 Å². The zero-order valence-electron chi connectivity index (χ0n) is 14.6. The van der Waals surface area contributed by atoms with E-state index < -0.39 is 17.9 Å². The molecule has 1 amide bonds. The van der Waals surface area contributed by atoms with Gasteiger partial charge in [0, 0.05) is 10.0 Å². The van der Waals surface area contributed by atoms with Gasteiger partial charge >= 0.3 is 5.97 Å². The number of rotatable bonds is 9. The van der Waals surface area contributed by atoms with E-state index in [1.54, 1.807) is 6.07 Å². The minimum absolute atomic E-state index is 0.0831. The van der Waals surface area contributed by atoms with Gasteiger partial charge in [-0.2, -0.15) is 0 Å². The number of ether oxygens (including phenoxy) is 3. The Kier molecular flexibility index (Phi) is 8.40. The monoisotopic (exact) mass is 415 g/mol. The quantitative estimate of drug-likeness (QED) is 0.491. The van der Waals surface area contributed by atoms with Crippen molar-refractivity contribution in [3.8, 4) is 11.5 Å². The molecule has 0 aromatic heterocycles. The number of hydrogen-bond donors (Lipinski definition) is 1. The largest absolute Gasteiger partial charge is 0.493 e. The van der Waals surface area contributed by atoms with E-state index in [2.05, 4.69) is 21.2 Å². The lowest BCUT2D eigenvalue weighted by molar-refractivity contribution is -0.146. The minimum Gasteiger partial charge on any atom is -0.493 e. The molecule has 25 heavy (non-hydrogen) atoms. The highest BCUT2D eigenvalue weighted by molar-refractivity contribution is 9.10. The van der Waals surface area contributed by atoms with Crippen LogP contribution in [-0.2, 0) is 14.3 Å². The smallest absolute Gasteiger partial charge is 0.328 e. The van der Waals surface area contributed by atoms with Crippen LogP contribution in [0.3, 0.4) is 0 Å². The zero-order valence-corrected chi connectivity index (χ0v) is 16.2. The van der Waals surface area contributed by atoms with Crippen LogP contribution in [0.25, 0.3) is 0 Å². The van der Waals surface area contributed by atoms with Gasteiger partial charge in [-0.15, -0.1) is 0 Å². The molecule has 0 aliphatic heterocycles. The molecule has 0 unspecified atom stereocenters. The topological polar surface area (TPSA) is 90.9 Å². The van der Waals surface area contributed by atoms with Gasteiger partial charge in [0.05, 0.1) is 14.2 Å². The van der Waals surface area contributed by atoms with Gasteiger partial charge in [0.15, 0.2) is 24.4 Å². The molecular formula is C17H22BrNO6. The van der Waals surface area contributed by atoms with Crippen LogP contribution in [0.1, 0.15) is 30.6 Å². The van der Waals surface area contributed by atoms with Crippen molar-refractivity contribution in [3.63, 3.8) is 0 Å². The molecule has 1 rings (SSSR count). The summed E-state index contributed by atoms with van der Waals surface area (Å²) in [4.78, 5) is 34.9.